The lowest BCUT2D eigenvalue weighted by Gasteiger charge is -2.04. The molecule has 0 fully saturated rings. The number of carbonyl (C=O) groups excluding carboxylic acids is 1. The van der Waals surface area contributed by atoms with E-state index in [1.807, 2.05) is 4.57 Å². The minimum absolute atomic E-state index is 0.00415. The Morgan fingerprint density at radius 3 is 3.00 bits per heavy atom. The van der Waals surface area contributed by atoms with E-state index in [4.69, 9.17) is 10.8 Å². The third-order valence-corrected chi connectivity index (χ3v) is 2.03. The van der Waals surface area contributed by atoms with Crippen molar-refractivity contribution in [3.05, 3.63) is 18.2 Å². The Morgan fingerprint density at radius 1 is 1.57 bits per heavy atom. The molecule has 5 heteroatoms. The molecule has 0 saturated heterocycles. The Kier molecular flexibility index (Phi) is 4.12. The standard InChI is InChI=1S/C9H15N3O2/c10-9(14)3-1-2-4-12-7-11-5-8(12)6-13/h5,7,13H,1-4,6H2,(H2,10,14). The fraction of sp³-hybridized carbons (Fsp3) is 0.556. The second-order valence-electron chi connectivity index (χ2n) is 3.16. The molecule has 78 valence electrons. The van der Waals surface area contributed by atoms with Crippen molar-refractivity contribution < 1.29 is 9.90 Å². The summed E-state index contributed by atoms with van der Waals surface area (Å²) in [6.45, 7) is 0.763. The van der Waals surface area contributed by atoms with Crippen molar-refractivity contribution in [2.24, 2.45) is 5.73 Å². The van der Waals surface area contributed by atoms with Crippen LogP contribution in [-0.2, 0) is 17.9 Å². The van der Waals surface area contributed by atoms with Gasteiger partial charge in [0.2, 0.25) is 5.91 Å². The molecule has 0 radical (unpaired) electrons. The number of imidazole rings is 1. The van der Waals surface area contributed by atoms with Gasteiger partial charge in [-0.1, -0.05) is 0 Å². The predicted octanol–water partition coefficient (Wildman–Crippen LogP) is 0.0310. The maximum Gasteiger partial charge on any atom is 0.217 e. The van der Waals surface area contributed by atoms with Crippen molar-refractivity contribution in [2.45, 2.75) is 32.4 Å². The van der Waals surface area contributed by atoms with Gasteiger partial charge in [-0.15, -0.1) is 0 Å². The van der Waals surface area contributed by atoms with E-state index in [0.29, 0.717) is 6.42 Å². The maximum absolute atomic E-state index is 10.4. The molecule has 0 aromatic carbocycles. The number of primary amides is 1. The van der Waals surface area contributed by atoms with Crippen LogP contribution in [0.15, 0.2) is 12.5 Å². The average molecular weight is 197 g/mol. The smallest absolute Gasteiger partial charge is 0.217 e. The molecular formula is C9H15N3O2. The van der Waals surface area contributed by atoms with Crippen LogP contribution in [0.5, 0.6) is 0 Å². The van der Waals surface area contributed by atoms with Crippen LogP contribution >= 0.6 is 0 Å². The van der Waals surface area contributed by atoms with E-state index in [1.54, 1.807) is 12.5 Å². The molecule has 0 spiro atoms. The minimum Gasteiger partial charge on any atom is -0.390 e. The lowest BCUT2D eigenvalue weighted by Crippen LogP contribution is -2.10. The van der Waals surface area contributed by atoms with Gasteiger partial charge in [-0.3, -0.25) is 4.79 Å². The summed E-state index contributed by atoms with van der Waals surface area (Å²) in [5, 5.41) is 8.92. The minimum atomic E-state index is -0.266. The quantitative estimate of drug-likeness (QED) is 0.631. The van der Waals surface area contributed by atoms with Gasteiger partial charge in [0.15, 0.2) is 0 Å². The zero-order valence-corrected chi connectivity index (χ0v) is 8.02. The number of rotatable bonds is 6. The number of unbranched alkanes of at least 4 members (excludes halogenated alkanes) is 1. The molecule has 1 amide bonds. The predicted molar refractivity (Wildman–Crippen MR) is 51.2 cm³/mol. The van der Waals surface area contributed by atoms with Crippen LogP contribution in [0, 0.1) is 0 Å². The van der Waals surface area contributed by atoms with Crippen molar-refractivity contribution in [3.8, 4) is 0 Å². The molecule has 0 saturated carbocycles. The fourth-order valence-corrected chi connectivity index (χ4v) is 1.26. The van der Waals surface area contributed by atoms with Gasteiger partial charge < -0.3 is 15.4 Å². The number of hydrogen-bond acceptors (Lipinski definition) is 3. The highest BCUT2D eigenvalue weighted by Gasteiger charge is 2.00. The first-order valence-electron chi connectivity index (χ1n) is 4.62. The summed E-state index contributed by atoms with van der Waals surface area (Å²) in [6.07, 6.45) is 5.37. The lowest BCUT2D eigenvalue weighted by molar-refractivity contribution is -0.118. The first-order valence-corrected chi connectivity index (χ1v) is 4.62. The molecule has 3 N–H and O–H groups in total. The van der Waals surface area contributed by atoms with Gasteiger partial charge >= 0.3 is 0 Å². The molecule has 0 aliphatic heterocycles. The van der Waals surface area contributed by atoms with Crippen molar-refractivity contribution in [1.82, 2.24) is 9.55 Å². The third-order valence-electron chi connectivity index (χ3n) is 2.03. The van der Waals surface area contributed by atoms with Gasteiger partial charge in [0.25, 0.3) is 0 Å². The van der Waals surface area contributed by atoms with Gasteiger partial charge in [0, 0.05) is 13.0 Å². The molecule has 1 rings (SSSR count). The van der Waals surface area contributed by atoms with Crippen LogP contribution in [0.2, 0.25) is 0 Å². The van der Waals surface area contributed by atoms with E-state index in [9.17, 15) is 4.79 Å². The Bertz CT molecular complexity index is 296. The monoisotopic (exact) mass is 197 g/mol. The summed E-state index contributed by atoms with van der Waals surface area (Å²) in [5.41, 5.74) is 5.81. The lowest BCUT2D eigenvalue weighted by atomic mass is 10.2. The number of hydrogen-bond donors (Lipinski definition) is 2. The molecule has 0 bridgehead atoms. The van der Waals surface area contributed by atoms with Crippen LogP contribution in [0.1, 0.15) is 25.0 Å². The highest BCUT2D eigenvalue weighted by Crippen LogP contribution is 2.03. The van der Waals surface area contributed by atoms with Crippen LogP contribution < -0.4 is 5.73 Å². The highest BCUT2D eigenvalue weighted by atomic mass is 16.3. The van der Waals surface area contributed by atoms with E-state index < -0.39 is 0 Å². The number of nitrogens with zero attached hydrogens (tertiary/aromatic N) is 2. The molecule has 0 unspecified atom stereocenters. The molecule has 0 atom stereocenters. The molecule has 14 heavy (non-hydrogen) atoms. The van der Waals surface area contributed by atoms with E-state index in [2.05, 4.69) is 4.98 Å². The molecular weight excluding hydrogens is 182 g/mol. The molecule has 5 nitrogen and oxygen atoms in total. The summed E-state index contributed by atoms with van der Waals surface area (Å²) in [7, 11) is 0. The van der Waals surface area contributed by atoms with E-state index in [1.165, 1.54) is 0 Å². The summed E-state index contributed by atoms with van der Waals surface area (Å²) < 4.78 is 1.88. The largest absolute Gasteiger partial charge is 0.390 e. The Labute approximate surface area is 82.6 Å². The van der Waals surface area contributed by atoms with E-state index in [-0.39, 0.29) is 12.5 Å². The maximum atomic E-state index is 10.4. The van der Waals surface area contributed by atoms with Gasteiger partial charge in [-0.2, -0.15) is 0 Å². The second-order valence-corrected chi connectivity index (χ2v) is 3.16. The molecule has 1 aromatic rings. The summed E-state index contributed by atoms with van der Waals surface area (Å²) in [6, 6.07) is 0. The first-order chi connectivity index (χ1) is 6.74. The second kappa shape index (κ2) is 5.39. The van der Waals surface area contributed by atoms with Crippen molar-refractivity contribution in [1.29, 1.82) is 0 Å². The summed E-state index contributed by atoms with van der Waals surface area (Å²) in [4.78, 5) is 14.4. The SMILES string of the molecule is NC(=O)CCCCn1cncc1CO. The van der Waals surface area contributed by atoms with Crippen molar-refractivity contribution in [3.63, 3.8) is 0 Å². The van der Waals surface area contributed by atoms with Crippen molar-refractivity contribution >= 4 is 5.91 Å². The Balaban J connectivity index is 2.27. The molecule has 0 aliphatic carbocycles. The number of amides is 1. The average Bonchev–Trinajstić information content (AvgIpc) is 2.59. The van der Waals surface area contributed by atoms with Crippen molar-refractivity contribution in [2.75, 3.05) is 0 Å². The van der Waals surface area contributed by atoms with Gasteiger partial charge in [0.05, 0.1) is 24.8 Å². The van der Waals surface area contributed by atoms with E-state index >= 15 is 0 Å². The Morgan fingerprint density at radius 2 is 2.36 bits per heavy atom. The number of aliphatic hydroxyl groups is 1. The van der Waals surface area contributed by atoms with Crippen LogP contribution in [0.25, 0.3) is 0 Å². The van der Waals surface area contributed by atoms with Gasteiger partial charge in [0.1, 0.15) is 0 Å². The topological polar surface area (TPSA) is 81.1 Å². The molecule has 1 heterocycles. The van der Waals surface area contributed by atoms with Crippen LogP contribution in [-0.4, -0.2) is 20.6 Å². The van der Waals surface area contributed by atoms with E-state index in [0.717, 1.165) is 25.1 Å². The van der Waals surface area contributed by atoms with Crippen LogP contribution in [0.4, 0.5) is 0 Å². The Hall–Kier alpha value is -1.36. The third kappa shape index (κ3) is 3.18. The number of carbonyl (C=O) groups is 1. The van der Waals surface area contributed by atoms with Gasteiger partial charge in [-0.25, -0.2) is 4.98 Å². The zero-order chi connectivity index (χ0) is 10.4. The fourth-order valence-electron chi connectivity index (χ4n) is 1.26. The number of aromatic nitrogens is 2. The molecule has 0 aliphatic rings. The normalized spacial score (nSPS) is 10.4. The summed E-state index contributed by atoms with van der Waals surface area (Å²) >= 11 is 0. The number of aliphatic hydroxyl groups excluding tert-OH is 1. The van der Waals surface area contributed by atoms with Gasteiger partial charge in [-0.05, 0) is 12.8 Å². The van der Waals surface area contributed by atoms with Crippen LogP contribution in [0.3, 0.4) is 0 Å². The number of nitrogens with two attached hydrogens (primary N) is 1. The molecule has 1 aromatic heterocycles. The summed E-state index contributed by atoms with van der Waals surface area (Å²) in [5.74, 6) is -0.266. The number of aryl methyl sites for hydroxylation is 1. The first kappa shape index (κ1) is 10.7. The highest BCUT2D eigenvalue weighted by molar-refractivity contribution is 5.73. The zero-order valence-electron chi connectivity index (χ0n) is 8.02.